The number of morpholine rings is 1. The van der Waals surface area contributed by atoms with E-state index in [2.05, 4.69) is 17.0 Å². The Kier molecular flexibility index (Phi) is 8.04. The molecule has 1 unspecified atom stereocenters. The molecule has 0 spiro atoms. The molecule has 1 aromatic carbocycles. The molecule has 7 heteroatoms. The lowest BCUT2D eigenvalue weighted by Crippen LogP contribution is -2.41. The molecule has 1 atom stereocenters. The molecule has 0 N–H and O–H groups in total. The molecule has 6 nitrogen and oxygen atoms in total. The molecule has 3 aliphatic rings. The Morgan fingerprint density at radius 3 is 2.59 bits per heavy atom. The van der Waals surface area contributed by atoms with Gasteiger partial charge in [0.25, 0.3) is 0 Å². The van der Waals surface area contributed by atoms with Gasteiger partial charge in [-0.25, -0.2) is 0 Å². The third-order valence-electron chi connectivity index (χ3n) is 6.26. The third kappa shape index (κ3) is 5.56. The molecular formula is C22H33ClN2O4. The highest BCUT2D eigenvalue weighted by Crippen LogP contribution is 2.36. The Hall–Kier alpha value is -1.50. The molecule has 3 fully saturated rings. The second-order valence-electron chi connectivity index (χ2n) is 8.13. The van der Waals surface area contributed by atoms with Gasteiger partial charge in [-0.3, -0.25) is 9.69 Å². The highest BCUT2D eigenvalue weighted by Gasteiger charge is 2.31. The average Bonchev–Trinajstić information content (AvgIpc) is 3.37. The fraction of sp³-hybridized carbons (Fsp3) is 0.682. The van der Waals surface area contributed by atoms with Gasteiger partial charge in [0.05, 0.1) is 26.4 Å². The summed E-state index contributed by atoms with van der Waals surface area (Å²) in [5, 5.41) is 0. The van der Waals surface area contributed by atoms with E-state index < -0.39 is 0 Å². The van der Waals surface area contributed by atoms with Gasteiger partial charge >= 0.3 is 0 Å². The lowest BCUT2D eigenvalue weighted by atomic mass is 9.98. The van der Waals surface area contributed by atoms with Crippen LogP contribution < -0.4 is 9.47 Å². The summed E-state index contributed by atoms with van der Waals surface area (Å²) in [6.07, 6.45) is 5.58. The minimum absolute atomic E-state index is 0. The maximum absolute atomic E-state index is 12.5. The van der Waals surface area contributed by atoms with Crippen LogP contribution in [0.2, 0.25) is 0 Å². The number of amides is 1. The molecule has 0 bridgehead atoms. The largest absolute Gasteiger partial charge is 0.493 e. The van der Waals surface area contributed by atoms with Crippen LogP contribution in [0.5, 0.6) is 11.5 Å². The van der Waals surface area contributed by atoms with Crippen molar-refractivity contribution in [1.82, 2.24) is 9.80 Å². The van der Waals surface area contributed by atoms with E-state index in [1.807, 2.05) is 11.0 Å². The van der Waals surface area contributed by atoms with Crippen LogP contribution in [0.15, 0.2) is 18.2 Å². The van der Waals surface area contributed by atoms with Gasteiger partial charge in [-0.05, 0) is 43.4 Å². The Morgan fingerprint density at radius 2 is 1.86 bits per heavy atom. The minimum atomic E-state index is 0. The first kappa shape index (κ1) is 22.2. The number of hydrogen-bond acceptors (Lipinski definition) is 5. The van der Waals surface area contributed by atoms with Crippen LogP contribution in [-0.4, -0.2) is 74.9 Å². The zero-order valence-electron chi connectivity index (χ0n) is 17.3. The summed E-state index contributed by atoms with van der Waals surface area (Å²) < 4.78 is 17.1. The first-order valence-corrected chi connectivity index (χ1v) is 10.7. The van der Waals surface area contributed by atoms with E-state index in [4.69, 9.17) is 14.2 Å². The van der Waals surface area contributed by atoms with Crippen molar-refractivity contribution in [2.45, 2.75) is 44.1 Å². The Balaban J connectivity index is 0.00000240. The van der Waals surface area contributed by atoms with Gasteiger partial charge in [-0.15, -0.1) is 12.4 Å². The minimum Gasteiger partial charge on any atom is -0.493 e. The molecule has 0 aromatic heterocycles. The Labute approximate surface area is 179 Å². The van der Waals surface area contributed by atoms with Gasteiger partial charge in [-0.1, -0.05) is 6.07 Å². The standard InChI is InChI=1S/C22H32N2O4.ClH/c1-26-20-7-6-17(14-21(20)28-19-4-2-3-5-19)18-15-22(25)24(16-18)9-8-23-10-12-27-13-11-23;/h6-7,14,18-19H,2-5,8-13,15-16H2,1H3;1H. The molecule has 2 heterocycles. The Morgan fingerprint density at radius 1 is 1.10 bits per heavy atom. The summed E-state index contributed by atoms with van der Waals surface area (Å²) in [7, 11) is 1.68. The molecular weight excluding hydrogens is 392 g/mol. The molecule has 1 aliphatic carbocycles. The summed E-state index contributed by atoms with van der Waals surface area (Å²) in [5.41, 5.74) is 1.18. The molecule has 0 radical (unpaired) electrons. The fourth-order valence-electron chi connectivity index (χ4n) is 4.52. The summed E-state index contributed by atoms with van der Waals surface area (Å²) in [6, 6.07) is 6.17. The highest BCUT2D eigenvalue weighted by atomic mass is 35.5. The van der Waals surface area contributed by atoms with Crippen LogP contribution in [0, 0.1) is 0 Å². The summed E-state index contributed by atoms with van der Waals surface area (Å²) in [6.45, 7) is 6.05. The number of rotatable bonds is 7. The maximum Gasteiger partial charge on any atom is 0.223 e. The Bertz CT molecular complexity index is 675. The van der Waals surface area contributed by atoms with Crippen LogP contribution in [0.1, 0.15) is 43.6 Å². The molecule has 1 saturated carbocycles. The van der Waals surface area contributed by atoms with Gasteiger partial charge in [-0.2, -0.15) is 0 Å². The number of benzene rings is 1. The number of hydrogen-bond donors (Lipinski definition) is 0. The predicted octanol–water partition coefficient (Wildman–Crippen LogP) is 3.09. The van der Waals surface area contributed by atoms with Crippen molar-refractivity contribution >= 4 is 18.3 Å². The summed E-state index contributed by atoms with van der Waals surface area (Å²) in [5.74, 6) is 2.09. The second-order valence-corrected chi connectivity index (χ2v) is 8.13. The first-order valence-electron chi connectivity index (χ1n) is 10.7. The number of likely N-dealkylation sites (tertiary alicyclic amines) is 1. The van der Waals surface area contributed by atoms with Crippen molar-refractivity contribution in [3.8, 4) is 11.5 Å². The number of nitrogens with zero attached hydrogens (tertiary/aromatic N) is 2. The number of carbonyl (C=O) groups excluding carboxylic acids is 1. The van der Waals surface area contributed by atoms with E-state index in [0.717, 1.165) is 70.3 Å². The molecule has 2 saturated heterocycles. The fourth-order valence-corrected chi connectivity index (χ4v) is 4.52. The van der Waals surface area contributed by atoms with E-state index in [1.165, 1.54) is 18.4 Å². The average molecular weight is 425 g/mol. The van der Waals surface area contributed by atoms with E-state index >= 15 is 0 Å². The molecule has 29 heavy (non-hydrogen) atoms. The number of halogens is 1. The van der Waals surface area contributed by atoms with E-state index in [9.17, 15) is 4.79 Å². The van der Waals surface area contributed by atoms with E-state index in [-0.39, 0.29) is 24.2 Å². The van der Waals surface area contributed by atoms with Crippen LogP contribution in [0.3, 0.4) is 0 Å². The van der Waals surface area contributed by atoms with Crippen LogP contribution in [0.25, 0.3) is 0 Å². The lowest BCUT2D eigenvalue weighted by Gasteiger charge is -2.28. The van der Waals surface area contributed by atoms with Gasteiger partial charge in [0.15, 0.2) is 11.5 Å². The highest BCUT2D eigenvalue weighted by molar-refractivity contribution is 5.85. The van der Waals surface area contributed by atoms with Crippen molar-refractivity contribution in [2.75, 3.05) is 53.0 Å². The number of carbonyl (C=O) groups is 1. The lowest BCUT2D eigenvalue weighted by molar-refractivity contribution is -0.128. The quantitative estimate of drug-likeness (QED) is 0.673. The van der Waals surface area contributed by atoms with E-state index in [0.29, 0.717) is 12.5 Å². The zero-order valence-corrected chi connectivity index (χ0v) is 18.1. The monoisotopic (exact) mass is 424 g/mol. The van der Waals surface area contributed by atoms with Crippen LogP contribution >= 0.6 is 12.4 Å². The van der Waals surface area contributed by atoms with Crippen molar-refractivity contribution < 1.29 is 19.0 Å². The number of methoxy groups -OCH3 is 1. The van der Waals surface area contributed by atoms with Crippen molar-refractivity contribution in [1.29, 1.82) is 0 Å². The predicted molar refractivity (Wildman–Crippen MR) is 114 cm³/mol. The summed E-state index contributed by atoms with van der Waals surface area (Å²) >= 11 is 0. The van der Waals surface area contributed by atoms with Crippen molar-refractivity contribution in [2.24, 2.45) is 0 Å². The van der Waals surface area contributed by atoms with Gasteiger partial charge < -0.3 is 19.1 Å². The van der Waals surface area contributed by atoms with Gasteiger partial charge in [0.2, 0.25) is 5.91 Å². The zero-order chi connectivity index (χ0) is 19.3. The third-order valence-corrected chi connectivity index (χ3v) is 6.26. The topological polar surface area (TPSA) is 51.2 Å². The van der Waals surface area contributed by atoms with Crippen LogP contribution in [0.4, 0.5) is 0 Å². The van der Waals surface area contributed by atoms with Crippen molar-refractivity contribution in [3.63, 3.8) is 0 Å². The van der Waals surface area contributed by atoms with Crippen LogP contribution in [-0.2, 0) is 9.53 Å². The SMILES string of the molecule is COc1ccc(C2CC(=O)N(CCN3CCOCC3)C2)cc1OC1CCCC1.Cl. The first-order chi connectivity index (χ1) is 13.7. The smallest absolute Gasteiger partial charge is 0.223 e. The van der Waals surface area contributed by atoms with Gasteiger partial charge in [0, 0.05) is 45.1 Å². The van der Waals surface area contributed by atoms with E-state index in [1.54, 1.807) is 7.11 Å². The van der Waals surface area contributed by atoms with Gasteiger partial charge in [0.1, 0.15) is 0 Å². The molecule has 1 aromatic rings. The second kappa shape index (κ2) is 10.5. The van der Waals surface area contributed by atoms with Crippen molar-refractivity contribution in [3.05, 3.63) is 23.8 Å². The maximum atomic E-state index is 12.5. The molecule has 4 rings (SSSR count). The molecule has 1 amide bonds. The number of ether oxygens (including phenoxy) is 3. The summed E-state index contributed by atoms with van der Waals surface area (Å²) in [4.78, 5) is 16.9. The molecule has 162 valence electrons. The normalized spacial score (nSPS) is 23.3. The molecule has 2 aliphatic heterocycles.